The molecule has 0 saturated heterocycles. The Labute approximate surface area is 143 Å². The minimum absolute atomic E-state index is 0.178. The van der Waals surface area contributed by atoms with Gasteiger partial charge in [-0.15, -0.1) is 5.10 Å². The lowest BCUT2D eigenvalue weighted by Crippen LogP contribution is -2.38. The number of hydrogen-bond donors (Lipinski definition) is 2. The maximum atomic E-state index is 13.3. The summed E-state index contributed by atoms with van der Waals surface area (Å²) in [5.41, 5.74) is 0.272. The van der Waals surface area contributed by atoms with Crippen molar-refractivity contribution in [3.05, 3.63) is 48.7 Å². The third-order valence-electron chi connectivity index (χ3n) is 3.02. The van der Waals surface area contributed by atoms with Crippen molar-refractivity contribution < 1.29 is 22.4 Å². The summed E-state index contributed by atoms with van der Waals surface area (Å²) in [5.74, 6) is -0.693. The summed E-state index contributed by atoms with van der Waals surface area (Å²) in [5, 5.41) is 5.85. The fraction of sp³-hybridized carbons (Fsp3) is 0.133. The molecule has 1 amide bonds. The number of hydrogen-bond acceptors (Lipinski definition) is 5. The van der Waals surface area contributed by atoms with E-state index in [9.17, 15) is 18.0 Å². The van der Waals surface area contributed by atoms with Gasteiger partial charge in [-0.05, 0) is 24.3 Å². The molecule has 130 valence electrons. The van der Waals surface area contributed by atoms with Gasteiger partial charge in [0.25, 0.3) is 0 Å². The van der Waals surface area contributed by atoms with Crippen LogP contribution in [-0.4, -0.2) is 32.5 Å². The highest BCUT2D eigenvalue weighted by atomic mass is 32.2. The van der Waals surface area contributed by atoms with Crippen LogP contribution in [0.4, 0.5) is 18.9 Å². The first-order valence-electron chi connectivity index (χ1n) is 6.99. The van der Waals surface area contributed by atoms with Crippen LogP contribution >= 0.6 is 11.8 Å². The van der Waals surface area contributed by atoms with Crippen molar-refractivity contribution in [2.45, 2.75) is 16.6 Å². The predicted octanol–water partition coefficient (Wildman–Crippen LogP) is 3.73. The van der Waals surface area contributed by atoms with Gasteiger partial charge in [-0.3, -0.25) is 9.89 Å². The molecule has 1 atom stereocenters. The normalized spacial score (nSPS) is 12.8. The van der Waals surface area contributed by atoms with Crippen LogP contribution in [0.25, 0.3) is 11.6 Å². The Balaban J connectivity index is 1.76. The molecule has 2 heterocycles. The average Bonchev–Trinajstić information content (AvgIpc) is 3.23. The number of thioether (sulfide) groups is 1. The summed E-state index contributed by atoms with van der Waals surface area (Å²) in [7, 11) is 0. The number of carbonyl (C=O) groups is 1. The maximum absolute atomic E-state index is 13.3. The van der Waals surface area contributed by atoms with Gasteiger partial charge in [0.1, 0.15) is 0 Å². The zero-order chi connectivity index (χ0) is 17.9. The van der Waals surface area contributed by atoms with Crippen LogP contribution in [-0.2, 0) is 4.79 Å². The molecule has 1 aromatic carbocycles. The fourth-order valence-corrected chi connectivity index (χ4v) is 2.68. The van der Waals surface area contributed by atoms with Crippen molar-refractivity contribution in [2.75, 3.05) is 5.32 Å². The molecule has 0 bridgehead atoms. The summed E-state index contributed by atoms with van der Waals surface area (Å²) in [4.78, 5) is 16.0. The molecule has 3 aromatic rings. The number of para-hydroxylation sites is 1. The van der Waals surface area contributed by atoms with Gasteiger partial charge in [-0.25, -0.2) is 0 Å². The monoisotopic (exact) mass is 368 g/mol. The number of H-pyrrole nitrogens is 1. The van der Waals surface area contributed by atoms with Gasteiger partial charge in [-0.1, -0.05) is 30.0 Å². The summed E-state index contributed by atoms with van der Waals surface area (Å²) in [6.07, 6.45) is -3.37. The van der Waals surface area contributed by atoms with E-state index in [0.29, 0.717) is 5.76 Å². The number of halogens is 3. The van der Waals surface area contributed by atoms with Crippen molar-refractivity contribution in [1.29, 1.82) is 0 Å². The van der Waals surface area contributed by atoms with E-state index in [4.69, 9.17) is 4.42 Å². The number of amides is 1. The van der Waals surface area contributed by atoms with E-state index in [1.165, 1.54) is 18.4 Å². The van der Waals surface area contributed by atoms with E-state index in [1.54, 1.807) is 30.3 Å². The van der Waals surface area contributed by atoms with Crippen molar-refractivity contribution in [1.82, 2.24) is 15.2 Å². The number of carbonyl (C=O) groups excluding carboxylic acids is 1. The molecule has 0 aliphatic carbocycles. The molecule has 0 saturated carbocycles. The van der Waals surface area contributed by atoms with E-state index in [0.717, 1.165) is 0 Å². The summed E-state index contributed by atoms with van der Waals surface area (Å²) in [6.45, 7) is 0. The van der Waals surface area contributed by atoms with Crippen molar-refractivity contribution in [3.63, 3.8) is 0 Å². The highest BCUT2D eigenvalue weighted by molar-refractivity contribution is 8.00. The fourth-order valence-electron chi connectivity index (χ4n) is 1.93. The zero-order valence-corrected chi connectivity index (χ0v) is 13.3. The number of benzene rings is 1. The van der Waals surface area contributed by atoms with Crippen LogP contribution in [0.3, 0.4) is 0 Å². The van der Waals surface area contributed by atoms with Crippen LogP contribution in [0, 0.1) is 0 Å². The first-order valence-corrected chi connectivity index (χ1v) is 7.87. The topological polar surface area (TPSA) is 83.8 Å². The summed E-state index contributed by atoms with van der Waals surface area (Å²) < 4.78 is 44.9. The number of alkyl halides is 3. The molecule has 6 nitrogen and oxygen atoms in total. The first-order chi connectivity index (χ1) is 11.9. The van der Waals surface area contributed by atoms with Crippen LogP contribution in [0.1, 0.15) is 0 Å². The van der Waals surface area contributed by atoms with E-state index in [-0.39, 0.29) is 28.4 Å². The Morgan fingerprint density at radius 1 is 1.20 bits per heavy atom. The number of nitrogens with one attached hydrogen (secondary N) is 2. The Bertz CT molecular complexity index is 834. The molecule has 2 aromatic heterocycles. The van der Waals surface area contributed by atoms with Gasteiger partial charge in [0, 0.05) is 5.69 Å². The van der Waals surface area contributed by atoms with Crippen molar-refractivity contribution >= 4 is 23.4 Å². The molecular weight excluding hydrogens is 357 g/mol. The van der Waals surface area contributed by atoms with E-state index in [2.05, 4.69) is 20.5 Å². The molecular formula is C15H11F3N4O2S. The second kappa shape index (κ2) is 7.01. The van der Waals surface area contributed by atoms with Crippen LogP contribution in [0.5, 0.6) is 0 Å². The standard InChI is InChI=1S/C15H11F3N4O2S/c16-15(17,18)11(13(23)19-9-5-2-1-3-6-9)25-14-20-12(21-22-14)10-7-4-8-24-10/h1-8,11H,(H,19,23)(H,20,21,22)/t11-/m0/s1. The van der Waals surface area contributed by atoms with E-state index < -0.39 is 17.3 Å². The van der Waals surface area contributed by atoms with Crippen LogP contribution in [0.15, 0.2) is 58.3 Å². The molecule has 0 radical (unpaired) electrons. The molecule has 0 unspecified atom stereocenters. The number of aromatic nitrogens is 3. The molecule has 0 spiro atoms. The number of nitrogens with zero attached hydrogens (tertiary/aromatic N) is 2. The van der Waals surface area contributed by atoms with Gasteiger partial charge < -0.3 is 9.73 Å². The lowest BCUT2D eigenvalue weighted by Gasteiger charge is -2.17. The zero-order valence-electron chi connectivity index (χ0n) is 12.4. The van der Waals surface area contributed by atoms with E-state index >= 15 is 0 Å². The molecule has 0 aliphatic rings. The Kier molecular flexibility index (Phi) is 4.79. The minimum Gasteiger partial charge on any atom is -0.461 e. The highest BCUT2D eigenvalue weighted by Crippen LogP contribution is 2.35. The highest BCUT2D eigenvalue weighted by Gasteiger charge is 2.46. The molecule has 10 heteroatoms. The third-order valence-corrected chi connectivity index (χ3v) is 4.13. The predicted molar refractivity (Wildman–Crippen MR) is 84.9 cm³/mol. The lowest BCUT2D eigenvalue weighted by atomic mass is 10.3. The van der Waals surface area contributed by atoms with Gasteiger partial charge in [0.05, 0.1) is 6.26 Å². The molecule has 0 fully saturated rings. The molecule has 3 rings (SSSR count). The van der Waals surface area contributed by atoms with Crippen LogP contribution < -0.4 is 5.32 Å². The number of furan rings is 1. The quantitative estimate of drug-likeness (QED) is 0.671. The SMILES string of the molecule is O=C(Nc1ccccc1)[C@H](Sc1n[nH]c(-c2ccco2)n1)C(F)(F)F. The Morgan fingerprint density at radius 2 is 1.96 bits per heavy atom. The maximum Gasteiger partial charge on any atom is 0.409 e. The lowest BCUT2D eigenvalue weighted by molar-refractivity contribution is -0.146. The second-order valence-corrected chi connectivity index (χ2v) is 5.91. The minimum atomic E-state index is -4.77. The number of anilines is 1. The third kappa shape index (κ3) is 4.21. The molecule has 2 N–H and O–H groups in total. The van der Waals surface area contributed by atoms with E-state index in [1.807, 2.05) is 0 Å². The largest absolute Gasteiger partial charge is 0.461 e. The molecule has 25 heavy (non-hydrogen) atoms. The van der Waals surface area contributed by atoms with Crippen molar-refractivity contribution in [2.24, 2.45) is 0 Å². The van der Waals surface area contributed by atoms with Crippen LogP contribution in [0.2, 0.25) is 0 Å². The first kappa shape index (κ1) is 17.1. The Morgan fingerprint density at radius 3 is 2.60 bits per heavy atom. The number of aromatic amines is 1. The second-order valence-electron chi connectivity index (χ2n) is 4.84. The summed E-state index contributed by atoms with van der Waals surface area (Å²) >= 11 is 0.209. The average molecular weight is 368 g/mol. The van der Waals surface area contributed by atoms with Gasteiger partial charge >= 0.3 is 6.18 Å². The number of rotatable bonds is 5. The van der Waals surface area contributed by atoms with Gasteiger partial charge in [0.15, 0.2) is 16.8 Å². The van der Waals surface area contributed by atoms with Crippen molar-refractivity contribution in [3.8, 4) is 11.6 Å². The van der Waals surface area contributed by atoms with Gasteiger partial charge in [-0.2, -0.15) is 18.2 Å². The smallest absolute Gasteiger partial charge is 0.409 e. The summed E-state index contributed by atoms with van der Waals surface area (Å²) in [6, 6.07) is 11.1. The Hall–Kier alpha value is -2.75. The molecule has 0 aliphatic heterocycles. The van der Waals surface area contributed by atoms with Gasteiger partial charge in [0.2, 0.25) is 11.1 Å².